The van der Waals surface area contributed by atoms with E-state index in [0.29, 0.717) is 50.2 Å². The first-order valence-corrected chi connectivity index (χ1v) is 14.6. The Hall–Kier alpha value is -2.57. The number of carbonyl (C=O) groups excluding carboxylic acids is 1. The molecule has 0 N–H and O–H groups in total. The van der Waals surface area contributed by atoms with E-state index in [-0.39, 0.29) is 29.9 Å². The number of methoxy groups -OCH3 is 1. The fourth-order valence-electron chi connectivity index (χ4n) is 6.51. The molecule has 0 unspecified atom stereocenters. The molecule has 0 spiro atoms. The Balaban J connectivity index is 1.49. The van der Waals surface area contributed by atoms with Gasteiger partial charge in [-0.3, -0.25) is 9.80 Å². The van der Waals surface area contributed by atoms with E-state index < -0.39 is 34.8 Å². The third-order valence-corrected chi connectivity index (χ3v) is 8.73. The van der Waals surface area contributed by atoms with Crippen molar-refractivity contribution in [3.05, 3.63) is 17.2 Å². The van der Waals surface area contributed by atoms with Crippen molar-refractivity contribution in [2.45, 2.75) is 76.2 Å². The molecule has 10 nitrogen and oxygen atoms in total. The average molecular weight is 597 g/mol. The van der Waals surface area contributed by atoms with E-state index in [0.717, 1.165) is 19.4 Å². The van der Waals surface area contributed by atoms with Crippen molar-refractivity contribution in [3.8, 4) is 6.01 Å². The summed E-state index contributed by atoms with van der Waals surface area (Å²) < 4.78 is 47.1. The van der Waals surface area contributed by atoms with Gasteiger partial charge in [-0.15, -0.1) is 0 Å². The normalized spacial score (nSPS) is 27.0. The van der Waals surface area contributed by atoms with Gasteiger partial charge in [-0.05, 0) is 46.6 Å². The van der Waals surface area contributed by atoms with Gasteiger partial charge in [0.05, 0.1) is 23.1 Å². The lowest BCUT2D eigenvalue weighted by Gasteiger charge is -2.50. The Bertz CT molecular complexity index is 1300. The van der Waals surface area contributed by atoms with Crippen molar-refractivity contribution in [1.82, 2.24) is 24.8 Å². The average Bonchev–Trinajstić information content (AvgIpc) is 3.44. The third-order valence-electron chi connectivity index (χ3n) is 8.47. The van der Waals surface area contributed by atoms with Crippen LogP contribution in [0.25, 0.3) is 10.9 Å². The summed E-state index contributed by atoms with van der Waals surface area (Å²) in [5, 5.41) is 0.0690. The molecule has 3 fully saturated rings. The maximum atomic E-state index is 15.3. The van der Waals surface area contributed by atoms with Crippen LogP contribution in [0.3, 0.4) is 0 Å². The number of fused-ring (bicyclic) bond motifs is 2. The van der Waals surface area contributed by atoms with Crippen molar-refractivity contribution in [3.63, 3.8) is 0 Å². The van der Waals surface area contributed by atoms with Crippen LogP contribution in [0.1, 0.15) is 53.4 Å². The number of ether oxygens (including phenoxy) is 3. The first-order chi connectivity index (χ1) is 19.4. The summed E-state index contributed by atoms with van der Waals surface area (Å²) in [6.07, 6.45) is 2.88. The Morgan fingerprint density at radius 2 is 2.00 bits per heavy atom. The number of alkyl halides is 1. The minimum Gasteiger partial charge on any atom is -0.461 e. The molecule has 3 aliphatic rings. The van der Waals surface area contributed by atoms with Crippen LogP contribution >= 0.6 is 11.6 Å². The summed E-state index contributed by atoms with van der Waals surface area (Å²) in [4.78, 5) is 32.2. The number of pyridine rings is 1. The maximum Gasteiger partial charge on any atom is 0.410 e. The third kappa shape index (κ3) is 5.75. The van der Waals surface area contributed by atoms with Gasteiger partial charge in [0.2, 0.25) is 0 Å². The number of halogens is 3. The second-order valence-corrected chi connectivity index (χ2v) is 12.7. The highest BCUT2D eigenvalue weighted by Gasteiger charge is 2.50. The number of nitrogens with zero attached hydrogens (tertiary/aromatic N) is 6. The maximum absolute atomic E-state index is 15.3. The lowest BCUT2D eigenvalue weighted by atomic mass is 9.91. The standard InChI is InChI=1S/C28H39ClF2N6O4/c1-6-27(16-39-5)15-35(10-11-37(27)25(38)41-26(2,3)4)23-19-13-32-22(29)20(31)21(19)33-24(34-23)40-17-28-8-7-9-36(28)14-18(30)12-28/h13,18H,6-12,14-17H2,1-5H3/t18-,27-,28+/m1/s1. The summed E-state index contributed by atoms with van der Waals surface area (Å²) in [5.74, 6) is -0.351. The fourth-order valence-corrected chi connectivity index (χ4v) is 6.65. The molecule has 3 atom stereocenters. The molecule has 0 radical (unpaired) electrons. The Morgan fingerprint density at radius 3 is 2.71 bits per heavy atom. The molecule has 3 saturated heterocycles. The summed E-state index contributed by atoms with van der Waals surface area (Å²) in [5.41, 5.74) is -1.82. The number of aromatic nitrogens is 3. The molecule has 5 heterocycles. The van der Waals surface area contributed by atoms with Crippen LogP contribution in [0.2, 0.25) is 5.15 Å². The molecule has 13 heteroatoms. The molecule has 226 valence electrons. The van der Waals surface area contributed by atoms with Gasteiger partial charge in [0.1, 0.15) is 29.7 Å². The number of amides is 1. The second kappa shape index (κ2) is 11.3. The lowest BCUT2D eigenvalue weighted by Crippen LogP contribution is -2.66. The molecular formula is C28H39ClF2N6O4. The predicted molar refractivity (Wildman–Crippen MR) is 151 cm³/mol. The van der Waals surface area contributed by atoms with Crippen molar-refractivity contribution < 1.29 is 27.8 Å². The van der Waals surface area contributed by atoms with Gasteiger partial charge in [-0.25, -0.2) is 18.6 Å². The van der Waals surface area contributed by atoms with E-state index in [1.165, 1.54) is 6.20 Å². The smallest absolute Gasteiger partial charge is 0.410 e. The van der Waals surface area contributed by atoms with E-state index >= 15 is 4.39 Å². The van der Waals surface area contributed by atoms with Crippen LogP contribution in [0.4, 0.5) is 19.4 Å². The van der Waals surface area contributed by atoms with E-state index in [4.69, 9.17) is 30.8 Å². The van der Waals surface area contributed by atoms with Gasteiger partial charge < -0.3 is 19.1 Å². The summed E-state index contributed by atoms with van der Waals surface area (Å²) in [6.45, 7) is 10.2. The van der Waals surface area contributed by atoms with Gasteiger partial charge in [0.25, 0.3) is 0 Å². The van der Waals surface area contributed by atoms with Crippen LogP contribution in [0, 0.1) is 5.82 Å². The van der Waals surface area contributed by atoms with Crippen LogP contribution in [0.5, 0.6) is 6.01 Å². The van der Waals surface area contributed by atoms with Gasteiger partial charge in [0, 0.05) is 45.9 Å². The molecule has 0 aromatic carbocycles. The number of piperazine rings is 1. The van der Waals surface area contributed by atoms with Gasteiger partial charge in [-0.2, -0.15) is 9.97 Å². The first-order valence-electron chi connectivity index (χ1n) is 14.2. The van der Waals surface area contributed by atoms with Gasteiger partial charge in [-0.1, -0.05) is 18.5 Å². The number of hydrogen-bond donors (Lipinski definition) is 0. The minimum atomic E-state index is -0.904. The number of anilines is 1. The number of carbonyl (C=O) groups is 1. The topological polar surface area (TPSA) is 93.2 Å². The summed E-state index contributed by atoms with van der Waals surface area (Å²) in [7, 11) is 1.59. The zero-order chi connectivity index (χ0) is 29.6. The zero-order valence-corrected chi connectivity index (χ0v) is 25.1. The second-order valence-electron chi connectivity index (χ2n) is 12.4. The molecule has 3 aliphatic heterocycles. The lowest BCUT2D eigenvalue weighted by molar-refractivity contribution is -0.0318. The van der Waals surface area contributed by atoms with Crippen molar-refractivity contribution >= 4 is 34.4 Å². The molecule has 0 bridgehead atoms. The Kier molecular flexibility index (Phi) is 8.21. The SMILES string of the molecule is CC[C@]1(COC)CN(c2nc(OC[C@@]34CCCN3C[C@H](F)C4)nc3c(F)c(Cl)ncc23)CCN1C(=O)OC(C)(C)C. The molecule has 0 saturated carbocycles. The van der Waals surface area contributed by atoms with Crippen LogP contribution < -0.4 is 9.64 Å². The summed E-state index contributed by atoms with van der Waals surface area (Å²) >= 11 is 6.04. The van der Waals surface area contributed by atoms with Crippen LogP contribution in [-0.2, 0) is 9.47 Å². The quantitative estimate of drug-likeness (QED) is 0.424. The zero-order valence-electron chi connectivity index (χ0n) is 24.4. The largest absolute Gasteiger partial charge is 0.461 e. The van der Waals surface area contributed by atoms with Crippen LogP contribution in [0.15, 0.2) is 6.20 Å². The molecular weight excluding hydrogens is 558 g/mol. The van der Waals surface area contributed by atoms with Crippen molar-refractivity contribution in [1.29, 1.82) is 0 Å². The number of rotatable bonds is 7. The summed E-state index contributed by atoms with van der Waals surface area (Å²) in [6, 6.07) is -0.0133. The monoisotopic (exact) mass is 596 g/mol. The molecule has 41 heavy (non-hydrogen) atoms. The minimum absolute atomic E-state index is 0.0102. The van der Waals surface area contributed by atoms with E-state index in [1.54, 1.807) is 12.0 Å². The highest BCUT2D eigenvalue weighted by atomic mass is 35.5. The molecule has 1 amide bonds. The molecule has 0 aliphatic carbocycles. The van der Waals surface area contributed by atoms with Crippen molar-refractivity contribution in [2.75, 3.05) is 57.9 Å². The highest BCUT2D eigenvalue weighted by Crippen LogP contribution is 2.41. The molecule has 5 rings (SSSR count). The Morgan fingerprint density at radius 1 is 1.22 bits per heavy atom. The molecule has 2 aromatic rings. The highest BCUT2D eigenvalue weighted by molar-refractivity contribution is 6.30. The van der Waals surface area contributed by atoms with Crippen LogP contribution in [-0.4, -0.2) is 107 Å². The van der Waals surface area contributed by atoms with E-state index in [2.05, 4.69) is 14.9 Å². The fraction of sp³-hybridized carbons (Fsp3) is 0.714. The number of hydrogen-bond acceptors (Lipinski definition) is 9. The van der Waals surface area contributed by atoms with Gasteiger partial charge >= 0.3 is 12.1 Å². The predicted octanol–water partition coefficient (Wildman–Crippen LogP) is 4.62. The van der Waals surface area contributed by atoms with Gasteiger partial charge in [0.15, 0.2) is 11.0 Å². The van der Waals surface area contributed by atoms with E-state index in [1.807, 2.05) is 32.6 Å². The Labute approximate surface area is 244 Å². The molecule has 2 aromatic heterocycles. The first kappa shape index (κ1) is 29.9. The van der Waals surface area contributed by atoms with Crippen molar-refractivity contribution in [2.24, 2.45) is 0 Å². The van der Waals surface area contributed by atoms with E-state index in [9.17, 15) is 9.18 Å².